The molecule has 1 N–H and O–H groups in total. The van der Waals surface area contributed by atoms with Gasteiger partial charge in [0.2, 0.25) is 0 Å². The van der Waals surface area contributed by atoms with Gasteiger partial charge in [0.15, 0.2) is 6.61 Å². The lowest BCUT2D eigenvalue weighted by Gasteiger charge is -2.09. The zero-order valence-corrected chi connectivity index (χ0v) is 15.7. The van der Waals surface area contributed by atoms with E-state index in [9.17, 15) is 9.59 Å². The lowest BCUT2D eigenvalue weighted by atomic mass is 10.2. The average molecular weight is 379 g/mol. The molecule has 0 saturated carbocycles. The van der Waals surface area contributed by atoms with Crippen molar-refractivity contribution in [3.8, 4) is 5.75 Å². The molecule has 28 heavy (non-hydrogen) atoms. The molecule has 6 nitrogen and oxygen atoms in total. The number of carbonyl (C=O) groups excluding carboxylic acids is 2. The molecule has 1 heterocycles. The molecule has 0 aliphatic rings. The molecule has 3 aromatic rings. The third-order valence-electron chi connectivity index (χ3n) is 3.98. The van der Waals surface area contributed by atoms with Gasteiger partial charge < -0.3 is 19.2 Å². The number of ether oxygens (including phenoxy) is 2. The van der Waals surface area contributed by atoms with Gasteiger partial charge in [0.25, 0.3) is 5.91 Å². The standard InChI is InChI=1S/C22H21NO5/c1-15-12-20(16(2)28-15)22(25)27-14-21(24)23-18-8-10-19(11-9-18)26-13-17-6-4-3-5-7-17/h3-12H,13-14H2,1-2H3,(H,23,24). The van der Waals surface area contributed by atoms with Crippen LogP contribution < -0.4 is 10.1 Å². The van der Waals surface area contributed by atoms with E-state index in [0.717, 1.165) is 5.56 Å². The number of carbonyl (C=O) groups is 2. The largest absolute Gasteiger partial charge is 0.489 e. The summed E-state index contributed by atoms with van der Waals surface area (Å²) >= 11 is 0. The molecule has 1 amide bonds. The maximum Gasteiger partial charge on any atom is 0.342 e. The summed E-state index contributed by atoms with van der Waals surface area (Å²) in [6.07, 6.45) is 0. The quantitative estimate of drug-likeness (QED) is 0.620. The van der Waals surface area contributed by atoms with E-state index < -0.39 is 11.9 Å². The summed E-state index contributed by atoms with van der Waals surface area (Å²) in [6, 6.07) is 18.4. The molecule has 0 unspecified atom stereocenters. The van der Waals surface area contributed by atoms with Crippen molar-refractivity contribution in [2.45, 2.75) is 20.5 Å². The number of hydrogen-bond donors (Lipinski definition) is 1. The Bertz CT molecular complexity index is 945. The van der Waals surface area contributed by atoms with Gasteiger partial charge in [-0.15, -0.1) is 0 Å². The predicted molar refractivity (Wildman–Crippen MR) is 104 cm³/mol. The fraction of sp³-hybridized carbons (Fsp3) is 0.182. The van der Waals surface area contributed by atoms with E-state index >= 15 is 0 Å². The summed E-state index contributed by atoms with van der Waals surface area (Å²) in [5.41, 5.74) is 1.98. The molecule has 0 bridgehead atoms. The van der Waals surface area contributed by atoms with Gasteiger partial charge in [-0.2, -0.15) is 0 Å². The fourth-order valence-electron chi connectivity index (χ4n) is 2.61. The van der Waals surface area contributed by atoms with Crippen LogP contribution >= 0.6 is 0 Å². The second-order valence-corrected chi connectivity index (χ2v) is 6.25. The molecule has 0 atom stereocenters. The molecule has 1 aromatic heterocycles. The summed E-state index contributed by atoms with van der Waals surface area (Å²) in [5, 5.41) is 2.67. The van der Waals surface area contributed by atoms with Crippen LogP contribution in [0.15, 0.2) is 65.1 Å². The average Bonchev–Trinajstić information content (AvgIpc) is 3.04. The van der Waals surface area contributed by atoms with Crippen molar-refractivity contribution in [3.63, 3.8) is 0 Å². The van der Waals surface area contributed by atoms with Crippen molar-refractivity contribution in [3.05, 3.63) is 83.3 Å². The van der Waals surface area contributed by atoms with Crippen LogP contribution in [-0.4, -0.2) is 18.5 Å². The Morgan fingerprint density at radius 1 is 1.00 bits per heavy atom. The Balaban J connectivity index is 1.46. The van der Waals surface area contributed by atoms with Crippen LogP contribution in [0.4, 0.5) is 5.69 Å². The molecular weight excluding hydrogens is 358 g/mol. The predicted octanol–water partition coefficient (Wildman–Crippen LogP) is 4.27. The van der Waals surface area contributed by atoms with E-state index in [1.165, 1.54) is 0 Å². The van der Waals surface area contributed by atoms with Crippen LogP contribution in [0.25, 0.3) is 0 Å². The molecule has 0 aliphatic heterocycles. The van der Waals surface area contributed by atoms with Crippen LogP contribution in [0, 0.1) is 13.8 Å². The van der Waals surface area contributed by atoms with Gasteiger partial charge >= 0.3 is 5.97 Å². The first-order valence-corrected chi connectivity index (χ1v) is 8.82. The van der Waals surface area contributed by atoms with Gasteiger partial charge in [0, 0.05) is 5.69 Å². The highest BCUT2D eigenvalue weighted by Crippen LogP contribution is 2.18. The van der Waals surface area contributed by atoms with Crippen LogP contribution in [0.2, 0.25) is 0 Å². The fourth-order valence-corrected chi connectivity index (χ4v) is 2.61. The third kappa shape index (κ3) is 5.23. The monoisotopic (exact) mass is 379 g/mol. The zero-order chi connectivity index (χ0) is 19.9. The van der Waals surface area contributed by atoms with E-state index in [0.29, 0.717) is 35.1 Å². The first-order valence-electron chi connectivity index (χ1n) is 8.82. The van der Waals surface area contributed by atoms with Crippen molar-refractivity contribution in [1.29, 1.82) is 0 Å². The van der Waals surface area contributed by atoms with Gasteiger partial charge in [-0.1, -0.05) is 30.3 Å². The number of amides is 1. The van der Waals surface area contributed by atoms with Gasteiger partial charge in [0.05, 0.1) is 0 Å². The highest BCUT2D eigenvalue weighted by molar-refractivity contribution is 5.95. The Hall–Kier alpha value is -3.54. The molecule has 2 aromatic carbocycles. The highest BCUT2D eigenvalue weighted by atomic mass is 16.5. The minimum atomic E-state index is -0.589. The molecule has 0 saturated heterocycles. The van der Waals surface area contributed by atoms with Crippen molar-refractivity contribution in [1.82, 2.24) is 0 Å². The number of furan rings is 1. The normalized spacial score (nSPS) is 10.4. The van der Waals surface area contributed by atoms with Crippen LogP contribution in [-0.2, 0) is 16.1 Å². The SMILES string of the molecule is Cc1cc(C(=O)OCC(=O)Nc2ccc(OCc3ccccc3)cc2)c(C)o1. The second-order valence-electron chi connectivity index (χ2n) is 6.25. The van der Waals surface area contributed by atoms with Crippen molar-refractivity contribution >= 4 is 17.6 Å². The zero-order valence-electron chi connectivity index (χ0n) is 15.7. The molecule has 3 rings (SSSR count). The second kappa shape index (κ2) is 8.90. The minimum absolute atomic E-state index is 0.324. The van der Waals surface area contributed by atoms with Gasteiger partial charge in [-0.3, -0.25) is 4.79 Å². The van der Waals surface area contributed by atoms with E-state index in [-0.39, 0.29) is 6.61 Å². The van der Waals surface area contributed by atoms with E-state index in [2.05, 4.69) is 5.32 Å². The molecule has 0 spiro atoms. The first kappa shape index (κ1) is 19.2. The Kier molecular flexibility index (Phi) is 6.11. The van der Waals surface area contributed by atoms with Gasteiger partial charge in [-0.25, -0.2) is 4.79 Å². The topological polar surface area (TPSA) is 77.8 Å². The number of rotatable bonds is 7. The molecule has 144 valence electrons. The first-order chi connectivity index (χ1) is 13.5. The maximum atomic E-state index is 12.0. The van der Waals surface area contributed by atoms with Gasteiger partial charge in [0.1, 0.15) is 29.4 Å². The molecular formula is C22H21NO5. The number of hydrogen-bond acceptors (Lipinski definition) is 5. The molecule has 0 fully saturated rings. The smallest absolute Gasteiger partial charge is 0.342 e. The van der Waals surface area contributed by atoms with Crippen molar-refractivity contribution in [2.24, 2.45) is 0 Å². The third-order valence-corrected chi connectivity index (χ3v) is 3.98. The molecule has 6 heteroatoms. The number of nitrogens with one attached hydrogen (secondary N) is 1. The highest BCUT2D eigenvalue weighted by Gasteiger charge is 2.16. The Morgan fingerprint density at radius 2 is 1.71 bits per heavy atom. The van der Waals surface area contributed by atoms with E-state index in [1.807, 2.05) is 30.3 Å². The van der Waals surface area contributed by atoms with E-state index in [1.54, 1.807) is 44.2 Å². The van der Waals surface area contributed by atoms with E-state index in [4.69, 9.17) is 13.9 Å². The van der Waals surface area contributed by atoms with Crippen LogP contribution in [0.1, 0.15) is 27.4 Å². The Labute approximate surface area is 163 Å². The minimum Gasteiger partial charge on any atom is -0.489 e. The summed E-state index contributed by atoms with van der Waals surface area (Å²) in [6.45, 7) is 3.50. The Morgan fingerprint density at radius 3 is 2.36 bits per heavy atom. The summed E-state index contributed by atoms with van der Waals surface area (Å²) < 4.78 is 16.0. The van der Waals surface area contributed by atoms with Crippen LogP contribution in [0.3, 0.4) is 0 Å². The summed E-state index contributed by atoms with van der Waals surface area (Å²) in [7, 11) is 0. The van der Waals surface area contributed by atoms with Crippen LogP contribution in [0.5, 0.6) is 5.75 Å². The molecule has 0 aliphatic carbocycles. The number of aryl methyl sites for hydroxylation is 2. The lowest BCUT2D eigenvalue weighted by molar-refractivity contribution is -0.119. The summed E-state index contributed by atoms with van der Waals surface area (Å²) in [4.78, 5) is 24.0. The lowest BCUT2D eigenvalue weighted by Crippen LogP contribution is -2.21. The number of anilines is 1. The van der Waals surface area contributed by atoms with Crippen molar-refractivity contribution < 1.29 is 23.5 Å². The number of benzene rings is 2. The maximum absolute atomic E-state index is 12.0. The number of esters is 1. The van der Waals surface area contributed by atoms with Crippen molar-refractivity contribution in [2.75, 3.05) is 11.9 Å². The van der Waals surface area contributed by atoms with Gasteiger partial charge in [-0.05, 0) is 49.7 Å². The summed E-state index contributed by atoms with van der Waals surface area (Å²) in [5.74, 6) is 0.759. The molecule has 0 radical (unpaired) electrons.